The van der Waals surface area contributed by atoms with Gasteiger partial charge in [0.2, 0.25) is 5.91 Å². The van der Waals surface area contributed by atoms with Crippen LogP contribution in [0.5, 0.6) is 0 Å². The highest BCUT2D eigenvalue weighted by molar-refractivity contribution is 5.98. The monoisotopic (exact) mass is 423 g/mol. The Kier molecular flexibility index (Phi) is 9.73. The van der Waals surface area contributed by atoms with Gasteiger partial charge in [0.1, 0.15) is 6.04 Å². The molecule has 2 amide bonds. The molecule has 0 radical (unpaired) electrons. The molecular formula is C26H37N3O2. The third-order valence-electron chi connectivity index (χ3n) is 5.51. The number of hydrogen-bond donors (Lipinski definition) is 2. The first-order valence-corrected chi connectivity index (χ1v) is 11.3. The number of nitrogens with one attached hydrogen (secondary N) is 2. The number of benzene rings is 2. The fourth-order valence-corrected chi connectivity index (χ4v) is 3.55. The van der Waals surface area contributed by atoms with Crippen molar-refractivity contribution in [3.8, 4) is 0 Å². The number of nitrogens with zero attached hydrogens (tertiary/aromatic N) is 1. The Morgan fingerprint density at radius 1 is 0.935 bits per heavy atom. The van der Waals surface area contributed by atoms with Crippen molar-refractivity contribution in [1.82, 2.24) is 15.5 Å². The highest BCUT2D eigenvalue weighted by atomic mass is 16.2. The largest absolute Gasteiger partial charge is 0.350 e. The maximum atomic E-state index is 12.9. The molecule has 31 heavy (non-hydrogen) atoms. The molecule has 5 nitrogen and oxygen atoms in total. The Morgan fingerprint density at radius 3 is 2.13 bits per heavy atom. The molecule has 0 fully saturated rings. The first-order valence-electron chi connectivity index (χ1n) is 11.3. The van der Waals surface area contributed by atoms with Crippen LogP contribution in [0.15, 0.2) is 48.5 Å². The van der Waals surface area contributed by atoms with Crippen LogP contribution in [0.1, 0.15) is 61.2 Å². The van der Waals surface area contributed by atoms with Crippen molar-refractivity contribution in [2.24, 2.45) is 5.92 Å². The molecule has 2 aromatic carbocycles. The highest BCUT2D eigenvalue weighted by Gasteiger charge is 2.23. The van der Waals surface area contributed by atoms with E-state index in [0.717, 1.165) is 30.8 Å². The molecule has 0 bridgehead atoms. The molecule has 5 heteroatoms. The van der Waals surface area contributed by atoms with Gasteiger partial charge >= 0.3 is 0 Å². The summed E-state index contributed by atoms with van der Waals surface area (Å²) >= 11 is 0. The highest BCUT2D eigenvalue weighted by Crippen LogP contribution is 2.11. The van der Waals surface area contributed by atoms with E-state index in [9.17, 15) is 9.59 Å². The predicted molar refractivity (Wildman–Crippen MR) is 127 cm³/mol. The SMILES string of the molecule is CCN(CC)Cc1ccc(CNC(=O)C(CC(C)C)NC(=O)c2ccccc2C)cc1. The zero-order valence-corrected chi connectivity index (χ0v) is 19.6. The summed E-state index contributed by atoms with van der Waals surface area (Å²) in [4.78, 5) is 27.9. The molecule has 0 saturated heterocycles. The molecule has 1 unspecified atom stereocenters. The topological polar surface area (TPSA) is 61.4 Å². The number of rotatable bonds is 11. The minimum atomic E-state index is -0.561. The van der Waals surface area contributed by atoms with E-state index in [-0.39, 0.29) is 17.7 Å². The van der Waals surface area contributed by atoms with Crippen molar-refractivity contribution >= 4 is 11.8 Å². The van der Waals surface area contributed by atoms with Crippen LogP contribution in [0, 0.1) is 12.8 Å². The van der Waals surface area contributed by atoms with E-state index in [2.05, 4.69) is 67.5 Å². The first-order chi connectivity index (χ1) is 14.8. The van der Waals surface area contributed by atoms with Crippen LogP contribution in [-0.2, 0) is 17.9 Å². The molecule has 168 valence electrons. The summed E-state index contributed by atoms with van der Waals surface area (Å²) in [7, 11) is 0. The van der Waals surface area contributed by atoms with Crippen molar-refractivity contribution in [3.63, 3.8) is 0 Å². The van der Waals surface area contributed by atoms with E-state index in [4.69, 9.17) is 0 Å². The predicted octanol–water partition coefficient (Wildman–Crippen LogP) is 4.30. The maximum Gasteiger partial charge on any atom is 0.252 e. The average molecular weight is 424 g/mol. The average Bonchev–Trinajstić information content (AvgIpc) is 2.76. The normalized spacial score (nSPS) is 12.1. The lowest BCUT2D eigenvalue weighted by atomic mass is 10.0. The van der Waals surface area contributed by atoms with Crippen molar-refractivity contribution in [1.29, 1.82) is 0 Å². The van der Waals surface area contributed by atoms with Gasteiger partial charge in [0.05, 0.1) is 0 Å². The molecule has 0 aliphatic heterocycles. The van der Waals surface area contributed by atoms with Gasteiger partial charge in [0, 0.05) is 18.7 Å². The van der Waals surface area contributed by atoms with Crippen LogP contribution in [0.25, 0.3) is 0 Å². The minimum absolute atomic E-state index is 0.150. The van der Waals surface area contributed by atoms with E-state index in [1.54, 1.807) is 6.07 Å². The number of carbonyl (C=O) groups is 2. The third-order valence-corrected chi connectivity index (χ3v) is 5.51. The lowest BCUT2D eigenvalue weighted by Crippen LogP contribution is -2.47. The Labute approximate surface area is 187 Å². The van der Waals surface area contributed by atoms with Gasteiger partial charge in [0.15, 0.2) is 0 Å². The standard InChI is InChI=1S/C26H37N3O2/c1-6-29(7-2)18-22-14-12-21(13-15-22)17-27-26(31)24(16-19(3)4)28-25(30)23-11-9-8-10-20(23)5/h8-15,19,24H,6-7,16-18H2,1-5H3,(H,27,31)(H,28,30). The van der Waals surface area contributed by atoms with E-state index < -0.39 is 6.04 Å². The van der Waals surface area contributed by atoms with Gasteiger partial charge in [-0.05, 0) is 55.1 Å². The van der Waals surface area contributed by atoms with Gasteiger partial charge in [-0.25, -0.2) is 0 Å². The first kappa shape index (κ1) is 24.6. The van der Waals surface area contributed by atoms with Crippen LogP contribution in [0.2, 0.25) is 0 Å². The van der Waals surface area contributed by atoms with Crippen LogP contribution >= 0.6 is 0 Å². The lowest BCUT2D eigenvalue weighted by molar-refractivity contribution is -0.123. The van der Waals surface area contributed by atoms with E-state index in [1.165, 1.54) is 5.56 Å². The van der Waals surface area contributed by atoms with E-state index >= 15 is 0 Å². The number of hydrogen-bond acceptors (Lipinski definition) is 3. The smallest absolute Gasteiger partial charge is 0.252 e. The van der Waals surface area contributed by atoms with E-state index in [0.29, 0.717) is 18.5 Å². The third kappa shape index (κ3) is 7.83. The molecule has 0 heterocycles. The van der Waals surface area contributed by atoms with Crippen molar-refractivity contribution in [2.75, 3.05) is 13.1 Å². The quantitative estimate of drug-likeness (QED) is 0.567. The molecule has 0 spiro atoms. The van der Waals surface area contributed by atoms with Gasteiger partial charge in [-0.3, -0.25) is 14.5 Å². The molecule has 0 aromatic heterocycles. The summed E-state index contributed by atoms with van der Waals surface area (Å²) in [5, 5.41) is 5.92. The zero-order chi connectivity index (χ0) is 22.8. The number of aryl methyl sites for hydroxylation is 1. The van der Waals surface area contributed by atoms with E-state index in [1.807, 2.05) is 25.1 Å². The van der Waals surface area contributed by atoms with Crippen molar-refractivity contribution in [3.05, 3.63) is 70.8 Å². The molecule has 2 aromatic rings. The van der Waals surface area contributed by atoms with Crippen molar-refractivity contribution < 1.29 is 9.59 Å². The zero-order valence-electron chi connectivity index (χ0n) is 19.6. The summed E-state index contributed by atoms with van der Waals surface area (Å²) in [6, 6.07) is 15.2. The Hall–Kier alpha value is -2.66. The molecule has 1 atom stereocenters. The molecule has 2 rings (SSSR count). The fraction of sp³-hybridized carbons (Fsp3) is 0.462. The maximum absolute atomic E-state index is 12.9. The Morgan fingerprint density at radius 2 is 1.55 bits per heavy atom. The van der Waals surface area contributed by atoms with Gasteiger partial charge in [-0.15, -0.1) is 0 Å². The molecule has 0 saturated carbocycles. The van der Waals surface area contributed by atoms with Crippen molar-refractivity contribution in [2.45, 2.75) is 60.2 Å². The summed E-state index contributed by atoms with van der Waals surface area (Å²) in [5.74, 6) is -0.0743. The Balaban J connectivity index is 1.97. The van der Waals surface area contributed by atoms with Gasteiger partial charge < -0.3 is 10.6 Å². The molecule has 2 N–H and O–H groups in total. The summed E-state index contributed by atoms with van der Waals surface area (Å²) < 4.78 is 0. The Bertz CT molecular complexity index is 842. The van der Waals surface area contributed by atoms with Crippen LogP contribution in [-0.4, -0.2) is 35.8 Å². The van der Waals surface area contributed by atoms with Gasteiger partial charge in [-0.1, -0.05) is 70.2 Å². The second-order valence-electron chi connectivity index (χ2n) is 8.47. The second kappa shape index (κ2) is 12.3. The fourth-order valence-electron chi connectivity index (χ4n) is 3.55. The molecular weight excluding hydrogens is 386 g/mol. The number of carbonyl (C=O) groups excluding carboxylic acids is 2. The van der Waals surface area contributed by atoms with Gasteiger partial charge in [-0.2, -0.15) is 0 Å². The van der Waals surface area contributed by atoms with Crippen LogP contribution < -0.4 is 10.6 Å². The summed E-state index contributed by atoms with van der Waals surface area (Å²) in [6.45, 7) is 13.8. The van der Waals surface area contributed by atoms with Crippen LogP contribution in [0.4, 0.5) is 0 Å². The van der Waals surface area contributed by atoms with Gasteiger partial charge in [0.25, 0.3) is 5.91 Å². The lowest BCUT2D eigenvalue weighted by Gasteiger charge is -2.21. The minimum Gasteiger partial charge on any atom is -0.350 e. The number of amides is 2. The molecule has 0 aliphatic rings. The summed E-state index contributed by atoms with van der Waals surface area (Å²) in [6.07, 6.45) is 0.590. The second-order valence-corrected chi connectivity index (χ2v) is 8.47. The molecule has 0 aliphatic carbocycles. The summed E-state index contributed by atoms with van der Waals surface area (Å²) in [5.41, 5.74) is 3.81. The van der Waals surface area contributed by atoms with Crippen LogP contribution in [0.3, 0.4) is 0 Å².